The van der Waals surface area contributed by atoms with Crippen LogP contribution in [0.25, 0.3) is 0 Å². The van der Waals surface area contributed by atoms with Gasteiger partial charge in [0.25, 0.3) is 0 Å². The highest BCUT2D eigenvalue weighted by Gasteiger charge is 2.17. The molecule has 0 aliphatic heterocycles. The first-order valence-corrected chi connectivity index (χ1v) is 6.79. The first kappa shape index (κ1) is 14.8. The number of hydrogen-bond donors (Lipinski definition) is 0. The molecule has 100 valence electrons. The number of methoxy groups -OCH3 is 1. The van der Waals surface area contributed by atoms with Crippen LogP contribution in [0.3, 0.4) is 0 Å². The number of ether oxygens (including phenoxy) is 1. The number of esters is 1. The van der Waals surface area contributed by atoms with E-state index in [0.29, 0.717) is 5.56 Å². The lowest BCUT2D eigenvalue weighted by molar-refractivity contribution is -0.144. The normalized spacial score (nSPS) is 14.0. The Kier molecular flexibility index (Phi) is 5.40. The maximum Gasteiger partial charge on any atom is 0.309 e. The number of halogens is 2. The highest BCUT2D eigenvalue weighted by Crippen LogP contribution is 2.12. The van der Waals surface area contributed by atoms with Crippen molar-refractivity contribution in [2.45, 2.75) is 12.7 Å². The molecule has 0 saturated carbocycles. The lowest BCUT2D eigenvalue weighted by atomic mass is 10.2. The van der Waals surface area contributed by atoms with Crippen molar-refractivity contribution in [2.24, 2.45) is 5.92 Å². The fourth-order valence-electron chi connectivity index (χ4n) is 1.42. The summed E-state index contributed by atoms with van der Waals surface area (Å²) in [5.41, 5.74) is 0.435. The maximum absolute atomic E-state index is 12.9. The van der Waals surface area contributed by atoms with Crippen LogP contribution in [0.5, 0.6) is 0 Å². The second kappa shape index (κ2) is 6.58. The molecule has 0 spiro atoms. The minimum Gasteiger partial charge on any atom is -0.469 e. The van der Waals surface area contributed by atoms with Gasteiger partial charge in [0.1, 0.15) is 0 Å². The molecule has 18 heavy (non-hydrogen) atoms. The SMILES string of the molecule is COC(=O)C(C)CS(=O)Cc1ccc(F)c(F)c1. The molecule has 2 unspecified atom stereocenters. The van der Waals surface area contributed by atoms with Gasteiger partial charge < -0.3 is 4.74 Å². The summed E-state index contributed by atoms with van der Waals surface area (Å²) in [6.45, 7) is 1.61. The van der Waals surface area contributed by atoms with Gasteiger partial charge in [-0.25, -0.2) is 8.78 Å². The minimum absolute atomic E-state index is 0.0819. The lowest BCUT2D eigenvalue weighted by Gasteiger charge is -2.08. The third kappa shape index (κ3) is 4.18. The van der Waals surface area contributed by atoms with Crippen molar-refractivity contribution in [1.29, 1.82) is 0 Å². The van der Waals surface area contributed by atoms with Crippen molar-refractivity contribution >= 4 is 16.8 Å². The summed E-state index contributed by atoms with van der Waals surface area (Å²) in [4.78, 5) is 11.1. The van der Waals surface area contributed by atoms with Crippen LogP contribution < -0.4 is 0 Å². The van der Waals surface area contributed by atoms with Gasteiger partial charge in [-0.1, -0.05) is 13.0 Å². The fourth-order valence-corrected chi connectivity index (χ4v) is 2.79. The van der Waals surface area contributed by atoms with Crippen LogP contribution in [0.4, 0.5) is 8.78 Å². The van der Waals surface area contributed by atoms with Gasteiger partial charge in [-0.2, -0.15) is 0 Å². The Balaban J connectivity index is 2.59. The molecule has 0 amide bonds. The first-order valence-electron chi connectivity index (χ1n) is 5.30. The van der Waals surface area contributed by atoms with E-state index in [2.05, 4.69) is 4.74 Å². The lowest BCUT2D eigenvalue weighted by Crippen LogP contribution is -2.20. The predicted octanol–water partition coefficient (Wildman–Crippen LogP) is 2.02. The van der Waals surface area contributed by atoms with Crippen molar-refractivity contribution in [3.63, 3.8) is 0 Å². The molecule has 1 aromatic rings. The standard InChI is InChI=1S/C12H14F2O3S/c1-8(12(15)17-2)6-18(16)7-9-3-4-10(13)11(14)5-9/h3-5,8H,6-7H2,1-2H3. The van der Waals surface area contributed by atoms with Crippen LogP contribution in [-0.2, 0) is 26.1 Å². The van der Waals surface area contributed by atoms with Gasteiger partial charge in [-0.05, 0) is 17.7 Å². The van der Waals surface area contributed by atoms with E-state index in [-0.39, 0.29) is 11.5 Å². The highest BCUT2D eigenvalue weighted by molar-refractivity contribution is 7.84. The van der Waals surface area contributed by atoms with Gasteiger partial charge in [0.2, 0.25) is 0 Å². The van der Waals surface area contributed by atoms with Crippen molar-refractivity contribution in [3.05, 3.63) is 35.4 Å². The van der Waals surface area contributed by atoms with Gasteiger partial charge in [0.15, 0.2) is 11.6 Å². The summed E-state index contributed by atoms with van der Waals surface area (Å²) in [7, 11) is -0.0671. The molecule has 1 aromatic carbocycles. The fraction of sp³-hybridized carbons (Fsp3) is 0.417. The van der Waals surface area contributed by atoms with E-state index in [1.54, 1.807) is 6.92 Å². The van der Waals surface area contributed by atoms with Crippen LogP contribution in [0, 0.1) is 17.6 Å². The Morgan fingerprint density at radius 2 is 2.06 bits per heavy atom. The number of benzene rings is 1. The molecule has 0 aromatic heterocycles. The Morgan fingerprint density at radius 3 is 2.61 bits per heavy atom. The van der Waals surface area contributed by atoms with E-state index in [1.165, 1.54) is 13.2 Å². The Hall–Kier alpha value is -1.30. The van der Waals surface area contributed by atoms with Crippen molar-refractivity contribution in [3.8, 4) is 0 Å². The van der Waals surface area contributed by atoms with Gasteiger partial charge >= 0.3 is 5.97 Å². The summed E-state index contributed by atoms with van der Waals surface area (Å²) in [6.07, 6.45) is 0. The summed E-state index contributed by atoms with van der Waals surface area (Å²) < 4.78 is 41.9. The van der Waals surface area contributed by atoms with Crippen LogP contribution >= 0.6 is 0 Å². The van der Waals surface area contributed by atoms with Crippen LogP contribution in [0.15, 0.2) is 18.2 Å². The molecule has 3 nitrogen and oxygen atoms in total. The monoisotopic (exact) mass is 276 g/mol. The number of carbonyl (C=O) groups excluding carboxylic acids is 1. The zero-order valence-electron chi connectivity index (χ0n) is 10.1. The molecule has 0 saturated heterocycles. The predicted molar refractivity (Wildman–Crippen MR) is 64.3 cm³/mol. The molecule has 1 rings (SSSR count). The molecule has 0 aliphatic rings. The quantitative estimate of drug-likeness (QED) is 0.773. The Morgan fingerprint density at radius 1 is 1.39 bits per heavy atom. The van der Waals surface area contributed by atoms with Crippen molar-refractivity contribution in [2.75, 3.05) is 12.9 Å². The summed E-state index contributed by atoms with van der Waals surface area (Å²) in [5.74, 6) is -2.61. The largest absolute Gasteiger partial charge is 0.469 e. The average molecular weight is 276 g/mol. The van der Waals surface area contributed by atoms with Crippen LogP contribution in [-0.4, -0.2) is 23.0 Å². The van der Waals surface area contributed by atoms with Crippen molar-refractivity contribution < 1.29 is 22.5 Å². The summed E-state index contributed by atoms with van der Waals surface area (Å²) >= 11 is 0. The average Bonchev–Trinajstić information content (AvgIpc) is 2.32. The van der Waals surface area contributed by atoms with Gasteiger partial charge in [-0.15, -0.1) is 0 Å². The third-order valence-corrected chi connectivity index (χ3v) is 3.88. The summed E-state index contributed by atoms with van der Waals surface area (Å²) in [6, 6.07) is 3.38. The smallest absolute Gasteiger partial charge is 0.309 e. The minimum atomic E-state index is -1.33. The van der Waals surface area contributed by atoms with E-state index in [0.717, 1.165) is 12.1 Å². The molecular formula is C12H14F2O3S. The second-order valence-corrected chi connectivity index (χ2v) is 5.43. The number of hydrogen-bond acceptors (Lipinski definition) is 3. The van der Waals surface area contributed by atoms with Crippen molar-refractivity contribution in [1.82, 2.24) is 0 Å². The third-order valence-electron chi connectivity index (χ3n) is 2.35. The Bertz CT molecular complexity index is 463. The summed E-state index contributed by atoms with van der Waals surface area (Å²) in [5, 5.41) is 0. The second-order valence-electron chi connectivity index (χ2n) is 3.92. The van der Waals surface area contributed by atoms with Gasteiger partial charge in [0.05, 0.1) is 13.0 Å². The molecule has 0 bridgehead atoms. The van der Waals surface area contributed by atoms with Gasteiger partial charge in [0, 0.05) is 22.3 Å². The first-order chi connectivity index (χ1) is 8.43. The molecule has 0 N–H and O–H groups in total. The molecule has 0 aliphatic carbocycles. The van der Waals surface area contributed by atoms with E-state index in [1.807, 2.05) is 0 Å². The van der Waals surface area contributed by atoms with E-state index >= 15 is 0 Å². The van der Waals surface area contributed by atoms with Crippen LogP contribution in [0.1, 0.15) is 12.5 Å². The number of rotatable bonds is 5. The zero-order chi connectivity index (χ0) is 13.7. The molecule has 0 fully saturated rings. The maximum atomic E-state index is 12.9. The van der Waals surface area contributed by atoms with E-state index in [9.17, 15) is 17.8 Å². The Labute approximate surface area is 107 Å². The van der Waals surface area contributed by atoms with E-state index < -0.39 is 34.3 Å². The molecule has 0 heterocycles. The molecule has 6 heteroatoms. The van der Waals surface area contributed by atoms with Crippen LogP contribution in [0.2, 0.25) is 0 Å². The zero-order valence-corrected chi connectivity index (χ0v) is 10.9. The number of carbonyl (C=O) groups is 1. The van der Waals surface area contributed by atoms with Gasteiger partial charge in [-0.3, -0.25) is 9.00 Å². The van der Waals surface area contributed by atoms with E-state index in [4.69, 9.17) is 0 Å². The molecule has 0 radical (unpaired) electrons. The topological polar surface area (TPSA) is 43.4 Å². The molecular weight excluding hydrogens is 262 g/mol. The molecule has 2 atom stereocenters. The highest BCUT2D eigenvalue weighted by atomic mass is 32.2.